The lowest BCUT2D eigenvalue weighted by Crippen LogP contribution is -2.38. The Hall–Kier alpha value is -1.55. The summed E-state index contributed by atoms with van der Waals surface area (Å²) in [5.74, 6) is 0.768. The van der Waals surface area contributed by atoms with Crippen molar-refractivity contribution >= 4 is 5.91 Å². The van der Waals surface area contributed by atoms with Crippen molar-refractivity contribution in [2.45, 2.75) is 26.3 Å². The normalized spacial score (nSPS) is 13.7. The van der Waals surface area contributed by atoms with Crippen LogP contribution in [0.15, 0.2) is 30.3 Å². The molecule has 0 aliphatic carbocycles. The molecule has 0 aliphatic rings. The lowest BCUT2D eigenvalue weighted by atomic mass is 10.1. The first-order valence-corrected chi connectivity index (χ1v) is 6.21. The number of aliphatic hydroxyl groups is 1. The summed E-state index contributed by atoms with van der Waals surface area (Å²) in [6, 6.07) is 9.38. The van der Waals surface area contributed by atoms with Crippen LogP contribution in [0.5, 0.6) is 5.75 Å². The van der Waals surface area contributed by atoms with E-state index in [1.165, 1.54) is 0 Å². The number of rotatable bonds is 7. The van der Waals surface area contributed by atoms with E-state index in [2.05, 4.69) is 5.32 Å². The van der Waals surface area contributed by atoms with E-state index in [9.17, 15) is 4.79 Å². The number of para-hydroxylation sites is 1. The summed E-state index contributed by atoms with van der Waals surface area (Å²) < 4.78 is 5.43. The molecule has 2 unspecified atom stereocenters. The Labute approximate surface area is 108 Å². The summed E-state index contributed by atoms with van der Waals surface area (Å²) >= 11 is 0. The van der Waals surface area contributed by atoms with Crippen molar-refractivity contribution in [3.05, 3.63) is 30.3 Å². The van der Waals surface area contributed by atoms with Crippen molar-refractivity contribution < 1.29 is 14.6 Å². The average Bonchev–Trinajstić information content (AvgIpc) is 2.38. The molecule has 0 saturated heterocycles. The molecule has 1 rings (SSSR count). The molecular formula is C14H21NO3. The number of ether oxygens (including phenoxy) is 1. The van der Waals surface area contributed by atoms with Gasteiger partial charge in [-0.1, -0.05) is 25.1 Å². The molecule has 0 aliphatic heterocycles. The second-order valence-corrected chi connectivity index (χ2v) is 4.43. The fraction of sp³-hybridized carbons (Fsp3) is 0.500. The van der Waals surface area contributed by atoms with Gasteiger partial charge in [0.15, 0.2) is 0 Å². The minimum atomic E-state index is -0.0567. The van der Waals surface area contributed by atoms with Crippen LogP contribution < -0.4 is 10.1 Å². The quantitative estimate of drug-likeness (QED) is 0.773. The van der Waals surface area contributed by atoms with Crippen LogP contribution in [0.1, 0.15) is 20.3 Å². The third kappa shape index (κ3) is 5.19. The van der Waals surface area contributed by atoms with Gasteiger partial charge in [0.2, 0.25) is 5.91 Å². The topological polar surface area (TPSA) is 58.6 Å². The molecule has 0 fully saturated rings. The summed E-state index contributed by atoms with van der Waals surface area (Å²) in [5, 5.41) is 11.8. The summed E-state index contributed by atoms with van der Waals surface area (Å²) in [6.07, 6.45) is 0.317. The van der Waals surface area contributed by atoms with E-state index in [4.69, 9.17) is 9.84 Å². The number of hydrogen-bond donors (Lipinski definition) is 2. The van der Waals surface area contributed by atoms with E-state index < -0.39 is 0 Å². The second-order valence-electron chi connectivity index (χ2n) is 4.43. The Morgan fingerprint density at radius 1 is 1.33 bits per heavy atom. The van der Waals surface area contributed by atoms with Gasteiger partial charge in [0, 0.05) is 12.6 Å². The fourth-order valence-electron chi connectivity index (χ4n) is 1.40. The summed E-state index contributed by atoms with van der Waals surface area (Å²) in [4.78, 5) is 11.6. The number of benzene rings is 1. The van der Waals surface area contributed by atoms with Crippen molar-refractivity contribution in [3.8, 4) is 5.75 Å². The predicted molar refractivity (Wildman–Crippen MR) is 70.4 cm³/mol. The highest BCUT2D eigenvalue weighted by molar-refractivity contribution is 5.76. The molecular weight excluding hydrogens is 230 g/mol. The first kappa shape index (κ1) is 14.5. The molecule has 4 nitrogen and oxygen atoms in total. The molecule has 0 bridgehead atoms. The highest BCUT2D eigenvalue weighted by Gasteiger charge is 2.13. The number of amides is 1. The van der Waals surface area contributed by atoms with Gasteiger partial charge in [0.1, 0.15) is 5.75 Å². The Kier molecular flexibility index (Phi) is 6.22. The first-order chi connectivity index (χ1) is 8.63. The highest BCUT2D eigenvalue weighted by atomic mass is 16.5. The molecule has 100 valence electrons. The Morgan fingerprint density at radius 3 is 2.61 bits per heavy atom. The zero-order chi connectivity index (χ0) is 13.4. The van der Waals surface area contributed by atoms with Crippen molar-refractivity contribution in [2.24, 2.45) is 5.92 Å². The molecule has 18 heavy (non-hydrogen) atoms. The number of carbonyl (C=O) groups is 1. The second kappa shape index (κ2) is 7.71. The minimum Gasteiger partial charge on any atom is -0.493 e. The predicted octanol–water partition coefficient (Wildman–Crippen LogP) is 1.59. The van der Waals surface area contributed by atoms with Gasteiger partial charge in [-0.2, -0.15) is 0 Å². The monoisotopic (exact) mass is 251 g/mol. The van der Waals surface area contributed by atoms with Gasteiger partial charge < -0.3 is 15.2 Å². The van der Waals surface area contributed by atoms with Gasteiger partial charge in [-0.15, -0.1) is 0 Å². The third-order valence-electron chi connectivity index (χ3n) is 2.87. The van der Waals surface area contributed by atoms with Gasteiger partial charge in [0.05, 0.1) is 13.0 Å². The van der Waals surface area contributed by atoms with Crippen LogP contribution in [0.4, 0.5) is 0 Å². The molecule has 0 heterocycles. The lowest BCUT2D eigenvalue weighted by Gasteiger charge is -2.19. The van der Waals surface area contributed by atoms with Crippen LogP contribution in [0.2, 0.25) is 0 Å². The van der Waals surface area contributed by atoms with Gasteiger partial charge >= 0.3 is 0 Å². The standard InChI is InChI=1S/C14H21NO3/c1-11(10-16)12(2)15-14(17)8-9-18-13-6-4-3-5-7-13/h3-7,11-12,16H,8-10H2,1-2H3,(H,15,17). The van der Waals surface area contributed by atoms with E-state index in [-0.39, 0.29) is 24.5 Å². The minimum absolute atomic E-state index is 0.0285. The Bertz CT molecular complexity index is 353. The molecule has 2 N–H and O–H groups in total. The average molecular weight is 251 g/mol. The number of nitrogens with one attached hydrogen (secondary N) is 1. The van der Waals surface area contributed by atoms with E-state index in [0.717, 1.165) is 5.75 Å². The van der Waals surface area contributed by atoms with E-state index in [0.29, 0.717) is 13.0 Å². The SMILES string of the molecule is CC(CO)C(C)NC(=O)CCOc1ccccc1. The molecule has 1 aromatic rings. The molecule has 0 spiro atoms. The van der Waals surface area contributed by atoms with Gasteiger partial charge in [-0.25, -0.2) is 0 Å². The molecule has 2 atom stereocenters. The van der Waals surface area contributed by atoms with Crippen LogP contribution in [0, 0.1) is 5.92 Å². The largest absolute Gasteiger partial charge is 0.493 e. The molecule has 0 saturated carbocycles. The van der Waals surface area contributed by atoms with E-state index >= 15 is 0 Å². The lowest BCUT2D eigenvalue weighted by molar-refractivity contribution is -0.122. The number of hydrogen-bond acceptors (Lipinski definition) is 3. The van der Waals surface area contributed by atoms with Gasteiger partial charge in [0.25, 0.3) is 0 Å². The van der Waals surface area contributed by atoms with Gasteiger partial charge in [-0.3, -0.25) is 4.79 Å². The third-order valence-corrected chi connectivity index (χ3v) is 2.87. The Balaban J connectivity index is 2.21. The maximum absolute atomic E-state index is 11.6. The van der Waals surface area contributed by atoms with Crippen molar-refractivity contribution in [3.63, 3.8) is 0 Å². The van der Waals surface area contributed by atoms with Crippen LogP contribution in [0.3, 0.4) is 0 Å². The molecule has 4 heteroatoms. The van der Waals surface area contributed by atoms with E-state index in [1.54, 1.807) is 0 Å². The molecule has 1 aromatic carbocycles. The van der Waals surface area contributed by atoms with Crippen molar-refractivity contribution in [1.82, 2.24) is 5.32 Å². The molecule has 0 radical (unpaired) electrons. The maximum Gasteiger partial charge on any atom is 0.223 e. The van der Waals surface area contributed by atoms with E-state index in [1.807, 2.05) is 44.2 Å². The zero-order valence-electron chi connectivity index (χ0n) is 10.9. The molecule has 1 amide bonds. The smallest absolute Gasteiger partial charge is 0.223 e. The number of carbonyl (C=O) groups excluding carboxylic acids is 1. The highest BCUT2D eigenvalue weighted by Crippen LogP contribution is 2.08. The summed E-state index contributed by atoms with van der Waals surface area (Å²) in [5.41, 5.74) is 0. The Morgan fingerprint density at radius 2 is 2.00 bits per heavy atom. The maximum atomic E-state index is 11.6. The first-order valence-electron chi connectivity index (χ1n) is 6.21. The van der Waals surface area contributed by atoms with Crippen molar-refractivity contribution in [2.75, 3.05) is 13.2 Å². The summed E-state index contributed by atoms with van der Waals surface area (Å²) in [7, 11) is 0. The van der Waals surface area contributed by atoms with Crippen LogP contribution in [-0.4, -0.2) is 30.3 Å². The van der Waals surface area contributed by atoms with Crippen molar-refractivity contribution in [1.29, 1.82) is 0 Å². The zero-order valence-corrected chi connectivity index (χ0v) is 10.9. The summed E-state index contributed by atoms with van der Waals surface area (Å²) in [6.45, 7) is 4.21. The van der Waals surface area contributed by atoms with Crippen LogP contribution in [0.25, 0.3) is 0 Å². The van der Waals surface area contributed by atoms with Gasteiger partial charge in [-0.05, 0) is 25.0 Å². The fourth-order valence-corrected chi connectivity index (χ4v) is 1.40. The number of aliphatic hydroxyl groups excluding tert-OH is 1. The van der Waals surface area contributed by atoms with Crippen LogP contribution >= 0.6 is 0 Å². The molecule has 0 aromatic heterocycles. The van der Waals surface area contributed by atoms with Crippen LogP contribution in [-0.2, 0) is 4.79 Å².